The lowest BCUT2D eigenvalue weighted by atomic mass is 9.91. The maximum atomic E-state index is 14.0. The number of rotatable bonds is 8. The third kappa shape index (κ3) is 5.47. The van der Waals surface area contributed by atoms with E-state index in [2.05, 4.69) is 15.3 Å². The number of carbonyl (C=O) groups excluding carboxylic acids is 1. The van der Waals surface area contributed by atoms with E-state index in [1.807, 2.05) is 12.1 Å². The summed E-state index contributed by atoms with van der Waals surface area (Å²) in [4.78, 5) is 21.2. The standard InChI is InChI=1S/C27H21F2N5O/c28-20-5-1-3-17(13-20)10-12-33-27-22(25(26(31)35)19-4-2-11-32-16-19)8-9-24(34-27)23-14-21(29)7-6-18(23)15-30/h1-9,11,13-14,16,25H,10,12H2,(H2,31,35)(H,33,34). The lowest BCUT2D eigenvalue weighted by Crippen LogP contribution is -2.24. The Hall–Kier alpha value is -4.64. The third-order valence-electron chi connectivity index (χ3n) is 5.51. The molecule has 174 valence electrons. The Morgan fingerprint density at radius 1 is 1.06 bits per heavy atom. The summed E-state index contributed by atoms with van der Waals surface area (Å²) >= 11 is 0. The number of nitrogens with one attached hydrogen (secondary N) is 1. The number of aromatic nitrogens is 2. The van der Waals surface area contributed by atoms with Crippen LogP contribution in [0.4, 0.5) is 14.6 Å². The minimum atomic E-state index is -0.843. The Labute approximate surface area is 201 Å². The summed E-state index contributed by atoms with van der Waals surface area (Å²) in [7, 11) is 0. The van der Waals surface area contributed by atoms with E-state index in [4.69, 9.17) is 5.73 Å². The molecule has 0 aliphatic carbocycles. The van der Waals surface area contributed by atoms with Crippen LogP contribution < -0.4 is 11.1 Å². The van der Waals surface area contributed by atoms with Gasteiger partial charge in [-0.2, -0.15) is 5.26 Å². The Morgan fingerprint density at radius 2 is 1.89 bits per heavy atom. The highest BCUT2D eigenvalue weighted by atomic mass is 19.1. The van der Waals surface area contributed by atoms with E-state index < -0.39 is 17.6 Å². The zero-order chi connectivity index (χ0) is 24.8. The van der Waals surface area contributed by atoms with Crippen molar-refractivity contribution < 1.29 is 13.6 Å². The number of pyridine rings is 2. The van der Waals surface area contributed by atoms with Crippen molar-refractivity contribution in [3.8, 4) is 17.3 Å². The van der Waals surface area contributed by atoms with Gasteiger partial charge in [-0.15, -0.1) is 0 Å². The van der Waals surface area contributed by atoms with Crippen molar-refractivity contribution >= 4 is 11.7 Å². The van der Waals surface area contributed by atoms with Crippen molar-refractivity contribution in [2.24, 2.45) is 5.73 Å². The Balaban J connectivity index is 1.76. The van der Waals surface area contributed by atoms with Gasteiger partial charge in [-0.3, -0.25) is 9.78 Å². The molecule has 6 nitrogen and oxygen atoms in total. The number of primary amides is 1. The fraction of sp³-hybridized carbons (Fsp3) is 0.111. The van der Waals surface area contributed by atoms with Crippen molar-refractivity contribution in [1.82, 2.24) is 9.97 Å². The second kappa shape index (κ2) is 10.5. The van der Waals surface area contributed by atoms with Crippen LogP contribution in [-0.4, -0.2) is 22.4 Å². The van der Waals surface area contributed by atoms with Gasteiger partial charge in [-0.05, 0) is 60.0 Å². The lowest BCUT2D eigenvalue weighted by molar-refractivity contribution is -0.118. The molecule has 1 atom stereocenters. The minimum absolute atomic E-state index is 0.260. The largest absolute Gasteiger partial charge is 0.369 e. The van der Waals surface area contributed by atoms with Gasteiger partial charge in [-0.25, -0.2) is 13.8 Å². The molecule has 0 saturated heterocycles. The molecule has 2 aromatic carbocycles. The van der Waals surface area contributed by atoms with Gasteiger partial charge in [0.25, 0.3) is 0 Å². The Morgan fingerprint density at radius 3 is 2.60 bits per heavy atom. The first-order valence-electron chi connectivity index (χ1n) is 10.8. The number of hydrogen-bond acceptors (Lipinski definition) is 5. The van der Waals surface area contributed by atoms with Gasteiger partial charge in [0.2, 0.25) is 5.91 Å². The van der Waals surface area contributed by atoms with Crippen LogP contribution in [0.3, 0.4) is 0 Å². The van der Waals surface area contributed by atoms with Gasteiger partial charge in [0, 0.05) is 30.1 Å². The summed E-state index contributed by atoms with van der Waals surface area (Å²) in [6, 6.07) is 18.9. The monoisotopic (exact) mass is 469 g/mol. The molecule has 1 amide bonds. The number of nitrogens with zero attached hydrogens (tertiary/aromatic N) is 3. The molecular formula is C27H21F2N5O. The number of hydrogen-bond donors (Lipinski definition) is 2. The van der Waals surface area contributed by atoms with Crippen molar-refractivity contribution in [2.75, 3.05) is 11.9 Å². The van der Waals surface area contributed by atoms with E-state index in [1.54, 1.807) is 42.7 Å². The molecule has 4 rings (SSSR count). The molecule has 0 saturated carbocycles. The molecule has 35 heavy (non-hydrogen) atoms. The SMILES string of the molecule is N#Cc1ccc(F)cc1-c1ccc(C(C(N)=O)c2cccnc2)c(NCCc2cccc(F)c2)n1. The zero-order valence-corrected chi connectivity index (χ0v) is 18.6. The van der Waals surface area contributed by atoms with Crippen LogP contribution in [-0.2, 0) is 11.2 Å². The van der Waals surface area contributed by atoms with E-state index in [1.165, 1.54) is 30.3 Å². The van der Waals surface area contributed by atoms with E-state index in [9.17, 15) is 18.8 Å². The second-order valence-electron chi connectivity index (χ2n) is 7.86. The average Bonchev–Trinajstić information content (AvgIpc) is 2.85. The maximum Gasteiger partial charge on any atom is 0.229 e. The molecule has 0 spiro atoms. The van der Waals surface area contributed by atoms with Crippen molar-refractivity contribution in [2.45, 2.75) is 12.3 Å². The minimum Gasteiger partial charge on any atom is -0.369 e. The zero-order valence-electron chi connectivity index (χ0n) is 18.6. The molecule has 0 bridgehead atoms. The summed E-state index contributed by atoms with van der Waals surface area (Å²) in [5.41, 5.74) is 8.58. The fourth-order valence-corrected chi connectivity index (χ4v) is 3.88. The van der Waals surface area contributed by atoms with Gasteiger partial charge >= 0.3 is 0 Å². The highest BCUT2D eigenvalue weighted by Gasteiger charge is 2.25. The molecular weight excluding hydrogens is 448 g/mol. The summed E-state index contributed by atoms with van der Waals surface area (Å²) < 4.78 is 27.5. The second-order valence-corrected chi connectivity index (χ2v) is 7.86. The molecule has 2 heterocycles. The highest BCUT2D eigenvalue weighted by molar-refractivity contribution is 5.87. The topological polar surface area (TPSA) is 105 Å². The van der Waals surface area contributed by atoms with Crippen LogP contribution >= 0.6 is 0 Å². The highest BCUT2D eigenvalue weighted by Crippen LogP contribution is 2.32. The summed E-state index contributed by atoms with van der Waals surface area (Å²) in [6.07, 6.45) is 3.63. The predicted octanol–water partition coefficient (Wildman–Crippen LogP) is 4.57. The van der Waals surface area contributed by atoms with E-state index in [0.29, 0.717) is 41.2 Å². The predicted molar refractivity (Wildman–Crippen MR) is 128 cm³/mol. The first kappa shape index (κ1) is 23.5. The van der Waals surface area contributed by atoms with Crippen LogP contribution in [0.15, 0.2) is 79.1 Å². The summed E-state index contributed by atoms with van der Waals surface area (Å²) in [5, 5.41) is 12.7. The van der Waals surface area contributed by atoms with E-state index in [-0.39, 0.29) is 11.4 Å². The molecule has 4 aromatic rings. The van der Waals surface area contributed by atoms with Crippen molar-refractivity contribution in [3.05, 3.63) is 113 Å². The van der Waals surface area contributed by atoms with Crippen LogP contribution in [0.25, 0.3) is 11.3 Å². The lowest BCUT2D eigenvalue weighted by Gasteiger charge is -2.19. The van der Waals surface area contributed by atoms with E-state index >= 15 is 0 Å². The molecule has 2 aromatic heterocycles. The number of nitrogens with two attached hydrogens (primary N) is 1. The number of amides is 1. The van der Waals surface area contributed by atoms with Crippen LogP contribution in [0, 0.1) is 23.0 Å². The van der Waals surface area contributed by atoms with E-state index in [0.717, 1.165) is 5.56 Å². The Bertz CT molecular complexity index is 1400. The fourth-order valence-electron chi connectivity index (χ4n) is 3.88. The number of halogens is 2. The van der Waals surface area contributed by atoms with Crippen LogP contribution in [0.1, 0.15) is 28.2 Å². The molecule has 8 heteroatoms. The first-order valence-corrected chi connectivity index (χ1v) is 10.8. The molecule has 0 aliphatic heterocycles. The molecule has 3 N–H and O–H groups in total. The number of carbonyl (C=O) groups is 1. The van der Waals surface area contributed by atoms with Crippen LogP contribution in [0.5, 0.6) is 0 Å². The van der Waals surface area contributed by atoms with Gasteiger partial charge in [-0.1, -0.05) is 24.3 Å². The summed E-state index contributed by atoms with van der Waals surface area (Å²) in [5.74, 6) is -1.92. The normalized spacial score (nSPS) is 11.5. The quantitative estimate of drug-likeness (QED) is 0.394. The van der Waals surface area contributed by atoms with Gasteiger partial charge in [0.15, 0.2) is 0 Å². The smallest absolute Gasteiger partial charge is 0.229 e. The van der Waals surface area contributed by atoms with Gasteiger partial charge in [0.1, 0.15) is 17.5 Å². The number of nitriles is 1. The Kier molecular flexibility index (Phi) is 7.07. The van der Waals surface area contributed by atoms with Crippen LogP contribution in [0.2, 0.25) is 0 Å². The first-order chi connectivity index (χ1) is 17.0. The maximum absolute atomic E-state index is 14.0. The molecule has 0 radical (unpaired) electrons. The van der Waals surface area contributed by atoms with Gasteiger partial charge < -0.3 is 11.1 Å². The molecule has 1 unspecified atom stereocenters. The van der Waals surface area contributed by atoms with Crippen molar-refractivity contribution in [3.63, 3.8) is 0 Å². The average molecular weight is 469 g/mol. The number of anilines is 1. The third-order valence-corrected chi connectivity index (χ3v) is 5.51. The number of benzene rings is 2. The summed E-state index contributed by atoms with van der Waals surface area (Å²) in [6.45, 7) is 0.375. The van der Waals surface area contributed by atoms with Crippen molar-refractivity contribution in [1.29, 1.82) is 5.26 Å². The molecule has 0 aliphatic rings. The molecule has 0 fully saturated rings. The van der Waals surface area contributed by atoms with Gasteiger partial charge in [0.05, 0.1) is 23.2 Å².